The molecule has 0 unspecified atom stereocenters. The fourth-order valence-electron chi connectivity index (χ4n) is 3.05. The maximum atomic E-state index is 3.46. The van der Waals surface area contributed by atoms with Gasteiger partial charge in [0.15, 0.2) is 0 Å². The number of hydrogen-bond acceptors (Lipinski definition) is 2. The van der Waals surface area contributed by atoms with Crippen LogP contribution in [0.3, 0.4) is 0 Å². The van der Waals surface area contributed by atoms with Gasteiger partial charge in [-0.2, -0.15) is 0 Å². The van der Waals surface area contributed by atoms with E-state index in [4.69, 9.17) is 0 Å². The second kappa shape index (κ2) is 9.68. The fraction of sp³-hybridized carbons (Fsp3) is 0.647. The number of piperazine rings is 1. The average Bonchev–Trinajstić information content (AvgIpc) is 2.40. The van der Waals surface area contributed by atoms with Crippen LogP contribution < -0.4 is 5.32 Å². The number of halogens is 2. The zero-order valence-electron chi connectivity index (χ0n) is 13.7. The molecule has 21 heavy (non-hydrogen) atoms. The molecule has 1 saturated heterocycles. The Kier molecular flexibility index (Phi) is 9.55. The topological polar surface area (TPSA) is 15.3 Å². The quantitative estimate of drug-likeness (QED) is 0.891. The van der Waals surface area contributed by atoms with E-state index >= 15 is 0 Å². The van der Waals surface area contributed by atoms with Gasteiger partial charge in [0.2, 0.25) is 0 Å². The SMILES string of the molecule is Cc1cccc([C@@H](CC(C)C)N2CCNCC2)c1C.Cl.Cl. The van der Waals surface area contributed by atoms with E-state index in [-0.39, 0.29) is 24.8 Å². The van der Waals surface area contributed by atoms with Crippen LogP contribution in [0, 0.1) is 19.8 Å². The lowest BCUT2D eigenvalue weighted by Gasteiger charge is -2.37. The summed E-state index contributed by atoms with van der Waals surface area (Å²) in [6.07, 6.45) is 1.25. The van der Waals surface area contributed by atoms with Crippen molar-refractivity contribution in [3.05, 3.63) is 34.9 Å². The van der Waals surface area contributed by atoms with Crippen LogP contribution in [0.5, 0.6) is 0 Å². The van der Waals surface area contributed by atoms with E-state index in [1.54, 1.807) is 0 Å². The van der Waals surface area contributed by atoms with Gasteiger partial charge in [0.05, 0.1) is 0 Å². The van der Waals surface area contributed by atoms with Crippen molar-refractivity contribution in [1.82, 2.24) is 10.2 Å². The molecular formula is C17H30Cl2N2. The van der Waals surface area contributed by atoms with Crippen LogP contribution in [0.15, 0.2) is 18.2 Å². The molecule has 1 atom stereocenters. The summed E-state index contributed by atoms with van der Waals surface area (Å²) in [5, 5.41) is 3.46. The van der Waals surface area contributed by atoms with E-state index in [0.717, 1.165) is 19.0 Å². The molecule has 0 spiro atoms. The number of benzene rings is 1. The molecule has 1 fully saturated rings. The number of hydrogen-bond donors (Lipinski definition) is 1. The highest BCUT2D eigenvalue weighted by Gasteiger charge is 2.24. The third-order valence-corrected chi connectivity index (χ3v) is 4.29. The molecule has 0 amide bonds. The first-order chi connectivity index (χ1) is 9.09. The Balaban J connectivity index is 0.00000200. The molecule has 1 aromatic carbocycles. The minimum Gasteiger partial charge on any atom is -0.314 e. The Bertz CT molecular complexity index is 415. The summed E-state index contributed by atoms with van der Waals surface area (Å²) >= 11 is 0. The highest BCUT2D eigenvalue weighted by molar-refractivity contribution is 5.85. The van der Waals surface area contributed by atoms with Gasteiger partial charge in [0.1, 0.15) is 0 Å². The van der Waals surface area contributed by atoms with Crippen molar-refractivity contribution in [2.24, 2.45) is 5.92 Å². The largest absolute Gasteiger partial charge is 0.314 e. The molecule has 4 heteroatoms. The van der Waals surface area contributed by atoms with Crippen LogP contribution in [-0.4, -0.2) is 31.1 Å². The molecule has 0 saturated carbocycles. The first-order valence-electron chi connectivity index (χ1n) is 7.60. The first-order valence-corrected chi connectivity index (χ1v) is 7.60. The van der Waals surface area contributed by atoms with Gasteiger partial charge in [0.25, 0.3) is 0 Å². The third kappa shape index (κ3) is 5.45. The summed E-state index contributed by atoms with van der Waals surface area (Å²) in [5.41, 5.74) is 4.43. The van der Waals surface area contributed by atoms with Crippen molar-refractivity contribution in [3.8, 4) is 0 Å². The standard InChI is InChI=1S/C17H28N2.2ClH/c1-13(2)12-17(19-10-8-18-9-11-19)16-7-5-6-14(3)15(16)4;;/h5-7,13,17-18H,8-12H2,1-4H3;2*1H/t17-;;/m1../s1. The fourth-order valence-corrected chi connectivity index (χ4v) is 3.05. The summed E-state index contributed by atoms with van der Waals surface area (Å²) in [6.45, 7) is 13.8. The lowest BCUT2D eigenvalue weighted by atomic mass is 9.90. The molecule has 1 heterocycles. The molecule has 122 valence electrons. The second-order valence-corrected chi connectivity index (χ2v) is 6.22. The van der Waals surface area contributed by atoms with Gasteiger partial charge >= 0.3 is 0 Å². The van der Waals surface area contributed by atoms with Crippen LogP contribution in [0.2, 0.25) is 0 Å². The number of nitrogens with one attached hydrogen (secondary N) is 1. The zero-order chi connectivity index (χ0) is 13.8. The van der Waals surface area contributed by atoms with Gasteiger partial charge in [-0.3, -0.25) is 4.90 Å². The van der Waals surface area contributed by atoms with E-state index in [9.17, 15) is 0 Å². The maximum absolute atomic E-state index is 3.46. The summed E-state index contributed by atoms with van der Waals surface area (Å²) in [4.78, 5) is 2.66. The van der Waals surface area contributed by atoms with Crippen LogP contribution in [-0.2, 0) is 0 Å². The van der Waals surface area contributed by atoms with Crippen molar-refractivity contribution < 1.29 is 0 Å². The summed E-state index contributed by atoms with van der Waals surface area (Å²) in [5.74, 6) is 0.736. The minimum atomic E-state index is 0. The van der Waals surface area contributed by atoms with E-state index in [1.807, 2.05) is 0 Å². The summed E-state index contributed by atoms with van der Waals surface area (Å²) in [7, 11) is 0. The maximum Gasteiger partial charge on any atom is 0.0354 e. The van der Waals surface area contributed by atoms with Crippen molar-refractivity contribution in [3.63, 3.8) is 0 Å². The van der Waals surface area contributed by atoms with Crippen molar-refractivity contribution in [2.45, 2.75) is 40.2 Å². The highest BCUT2D eigenvalue weighted by Crippen LogP contribution is 2.31. The Morgan fingerprint density at radius 1 is 1.10 bits per heavy atom. The lowest BCUT2D eigenvalue weighted by Crippen LogP contribution is -2.45. The number of nitrogens with zero attached hydrogens (tertiary/aromatic N) is 1. The van der Waals surface area contributed by atoms with E-state index < -0.39 is 0 Å². The third-order valence-electron chi connectivity index (χ3n) is 4.29. The average molecular weight is 333 g/mol. The molecule has 0 bridgehead atoms. The molecule has 1 aliphatic heterocycles. The summed E-state index contributed by atoms with van der Waals surface area (Å²) in [6, 6.07) is 7.36. The Labute approximate surface area is 142 Å². The normalized spacial score (nSPS) is 17.0. The van der Waals surface area contributed by atoms with Crippen LogP contribution in [0.25, 0.3) is 0 Å². The first kappa shape index (κ1) is 20.7. The predicted molar refractivity (Wildman–Crippen MR) is 97.1 cm³/mol. The van der Waals surface area contributed by atoms with Crippen LogP contribution in [0.4, 0.5) is 0 Å². The van der Waals surface area contributed by atoms with Gasteiger partial charge in [-0.15, -0.1) is 24.8 Å². The molecule has 0 aliphatic carbocycles. The van der Waals surface area contributed by atoms with E-state index in [1.165, 1.54) is 36.2 Å². The van der Waals surface area contributed by atoms with E-state index in [0.29, 0.717) is 6.04 Å². The molecular weight excluding hydrogens is 303 g/mol. The van der Waals surface area contributed by atoms with Gasteiger partial charge < -0.3 is 5.32 Å². The van der Waals surface area contributed by atoms with Crippen molar-refractivity contribution in [2.75, 3.05) is 26.2 Å². The minimum absolute atomic E-state index is 0. The van der Waals surface area contributed by atoms with Gasteiger partial charge in [-0.05, 0) is 42.9 Å². The van der Waals surface area contributed by atoms with Crippen molar-refractivity contribution in [1.29, 1.82) is 0 Å². The van der Waals surface area contributed by atoms with Crippen molar-refractivity contribution >= 4 is 24.8 Å². The van der Waals surface area contributed by atoms with Gasteiger partial charge in [0, 0.05) is 32.2 Å². The molecule has 1 aliphatic rings. The lowest BCUT2D eigenvalue weighted by molar-refractivity contribution is 0.153. The smallest absolute Gasteiger partial charge is 0.0354 e. The molecule has 2 rings (SSSR count). The summed E-state index contributed by atoms with van der Waals surface area (Å²) < 4.78 is 0. The molecule has 0 aromatic heterocycles. The predicted octanol–water partition coefficient (Wildman–Crippen LogP) is 4.14. The molecule has 1 aromatic rings. The Hall–Kier alpha value is -0.280. The van der Waals surface area contributed by atoms with Gasteiger partial charge in [-0.1, -0.05) is 32.0 Å². The molecule has 0 radical (unpaired) electrons. The highest BCUT2D eigenvalue weighted by atomic mass is 35.5. The Morgan fingerprint density at radius 3 is 2.29 bits per heavy atom. The van der Waals surface area contributed by atoms with Gasteiger partial charge in [-0.25, -0.2) is 0 Å². The number of rotatable bonds is 4. The monoisotopic (exact) mass is 332 g/mol. The van der Waals surface area contributed by atoms with Crippen LogP contribution >= 0.6 is 24.8 Å². The Morgan fingerprint density at radius 2 is 1.71 bits per heavy atom. The molecule has 2 nitrogen and oxygen atoms in total. The molecule has 1 N–H and O–H groups in total. The van der Waals surface area contributed by atoms with Crippen LogP contribution in [0.1, 0.15) is 43.0 Å². The number of aryl methyl sites for hydroxylation is 1. The second-order valence-electron chi connectivity index (χ2n) is 6.22. The zero-order valence-corrected chi connectivity index (χ0v) is 15.3. The van der Waals surface area contributed by atoms with E-state index in [2.05, 4.69) is 56.1 Å².